The largest absolute Gasteiger partial charge is 0.330 e. The number of aryl methyl sites for hydroxylation is 1. The number of aromatic amines is 1. The molecule has 1 rings (SSSR count). The topological polar surface area (TPSA) is 83.8 Å². The molecule has 0 fully saturated rings. The Labute approximate surface area is 83.1 Å². The fourth-order valence-electron chi connectivity index (χ4n) is 1.06. The maximum atomic E-state index is 11.4. The monoisotopic (exact) mass is 196 g/mol. The van der Waals surface area contributed by atoms with Gasteiger partial charge in [0.05, 0.1) is 6.20 Å². The van der Waals surface area contributed by atoms with E-state index >= 15 is 0 Å². The number of nitrogens with two attached hydrogens (primary N) is 1. The molecule has 0 aliphatic carbocycles. The number of carbonyl (C=O) groups is 1. The normalized spacial score (nSPS) is 12.5. The van der Waals surface area contributed by atoms with Crippen LogP contribution in [0.25, 0.3) is 0 Å². The Morgan fingerprint density at radius 2 is 2.50 bits per heavy atom. The minimum Gasteiger partial charge on any atom is -0.330 e. The van der Waals surface area contributed by atoms with Gasteiger partial charge in [-0.3, -0.25) is 9.89 Å². The molecule has 1 atom stereocenters. The molecule has 1 amide bonds. The van der Waals surface area contributed by atoms with Gasteiger partial charge in [-0.2, -0.15) is 5.10 Å². The van der Waals surface area contributed by atoms with Gasteiger partial charge in [0.15, 0.2) is 0 Å². The van der Waals surface area contributed by atoms with Crippen LogP contribution in [0.3, 0.4) is 0 Å². The molecular weight excluding hydrogens is 180 g/mol. The summed E-state index contributed by atoms with van der Waals surface area (Å²) in [5.74, 6) is 0.841. The van der Waals surface area contributed by atoms with E-state index in [1.807, 2.05) is 13.8 Å². The minimum atomic E-state index is -0.0321. The van der Waals surface area contributed by atoms with Gasteiger partial charge in [-0.1, -0.05) is 6.92 Å². The molecule has 0 radical (unpaired) electrons. The van der Waals surface area contributed by atoms with Crippen molar-refractivity contribution in [2.24, 2.45) is 11.7 Å². The zero-order chi connectivity index (χ0) is 10.6. The first-order chi connectivity index (χ1) is 6.63. The maximum absolute atomic E-state index is 11.4. The molecule has 1 aromatic rings. The molecule has 5 heteroatoms. The van der Waals surface area contributed by atoms with Crippen molar-refractivity contribution in [3.8, 4) is 0 Å². The van der Waals surface area contributed by atoms with Crippen molar-refractivity contribution in [2.45, 2.75) is 20.3 Å². The SMILES string of the molecule is Cc1cn[nH]c1NC(=O)CC(C)CN. The molecule has 1 heterocycles. The van der Waals surface area contributed by atoms with E-state index in [9.17, 15) is 4.79 Å². The number of aromatic nitrogens is 2. The van der Waals surface area contributed by atoms with E-state index < -0.39 is 0 Å². The van der Waals surface area contributed by atoms with Gasteiger partial charge >= 0.3 is 0 Å². The molecule has 0 saturated carbocycles. The van der Waals surface area contributed by atoms with Gasteiger partial charge in [-0.05, 0) is 19.4 Å². The van der Waals surface area contributed by atoms with Gasteiger partial charge in [-0.15, -0.1) is 0 Å². The first-order valence-corrected chi connectivity index (χ1v) is 4.63. The quantitative estimate of drug-likeness (QED) is 0.660. The van der Waals surface area contributed by atoms with E-state index in [0.29, 0.717) is 18.8 Å². The summed E-state index contributed by atoms with van der Waals surface area (Å²) in [7, 11) is 0. The van der Waals surface area contributed by atoms with Crippen LogP contribution in [-0.4, -0.2) is 22.6 Å². The highest BCUT2D eigenvalue weighted by Crippen LogP contribution is 2.09. The van der Waals surface area contributed by atoms with E-state index in [1.54, 1.807) is 6.20 Å². The van der Waals surface area contributed by atoms with E-state index in [2.05, 4.69) is 15.5 Å². The first kappa shape index (κ1) is 10.7. The molecule has 0 aromatic carbocycles. The fourth-order valence-corrected chi connectivity index (χ4v) is 1.06. The van der Waals surface area contributed by atoms with Gasteiger partial charge < -0.3 is 11.1 Å². The van der Waals surface area contributed by atoms with Gasteiger partial charge in [0.1, 0.15) is 5.82 Å². The Hall–Kier alpha value is -1.36. The second-order valence-electron chi connectivity index (χ2n) is 3.52. The van der Waals surface area contributed by atoms with Crippen molar-refractivity contribution in [3.05, 3.63) is 11.8 Å². The number of H-pyrrole nitrogens is 1. The smallest absolute Gasteiger partial charge is 0.225 e. The van der Waals surface area contributed by atoms with E-state index in [4.69, 9.17) is 5.73 Å². The molecule has 0 saturated heterocycles. The Balaban J connectivity index is 2.45. The number of carbonyl (C=O) groups excluding carboxylic acids is 1. The van der Waals surface area contributed by atoms with Gasteiger partial charge in [0.2, 0.25) is 5.91 Å². The molecule has 14 heavy (non-hydrogen) atoms. The summed E-state index contributed by atoms with van der Waals surface area (Å²) < 4.78 is 0. The highest BCUT2D eigenvalue weighted by molar-refractivity contribution is 5.90. The van der Waals surface area contributed by atoms with Gasteiger partial charge in [0, 0.05) is 12.0 Å². The Kier molecular flexibility index (Phi) is 3.64. The zero-order valence-corrected chi connectivity index (χ0v) is 8.50. The van der Waals surface area contributed by atoms with Crippen molar-refractivity contribution in [2.75, 3.05) is 11.9 Å². The molecular formula is C9H16N4O. The summed E-state index contributed by atoms with van der Waals surface area (Å²) in [6.45, 7) is 4.35. The summed E-state index contributed by atoms with van der Waals surface area (Å²) in [4.78, 5) is 11.4. The van der Waals surface area contributed by atoms with Crippen molar-refractivity contribution in [3.63, 3.8) is 0 Å². The molecule has 4 N–H and O–H groups in total. The highest BCUT2D eigenvalue weighted by atomic mass is 16.1. The lowest BCUT2D eigenvalue weighted by Gasteiger charge is -2.08. The van der Waals surface area contributed by atoms with E-state index in [1.165, 1.54) is 0 Å². The van der Waals surface area contributed by atoms with Crippen LogP contribution in [0.4, 0.5) is 5.82 Å². The van der Waals surface area contributed by atoms with Crippen LogP contribution in [-0.2, 0) is 4.79 Å². The van der Waals surface area contributed by atoms with Crippen LogP contribution >= 0.6 is 0 Å². The Morgan fingerprint density at radius 1 is 1.79 bits per heavy atom. The second kappa shape index (κ2) is 4.76. The number of rotatable bonds is 4. The molecule has 0 bridgehead atoms. The lowest BCUT2D eigenvalue weighted by Crippen LogP contribution is -2.20. The second-order valence-corrected chi connectivity index (χ2v) is 3.52. The summed E-state index contributed by atoms with van der Waals surface area (Å²) in [5, 5.41) is 9.27. The summed E-state index contributed by atoms with van der Waals surface area (Å²) in [6, 6.07) is 0. The summed E-state index contributed by atoms with van der Waals surface area (Å²) in [5.41, 5.74) is 6.35. The molecule has 1 unspecified atom stereocenters. The molecule has 1 aromatic heterocycles. The minimum absolute atomic E-state index is 0.0321. The number of nitrogens with zero attached hydrogens (tertiary/aromatic N) is 1. The predicted molar refractivity (Wildman–Crippen MR) is 54.8 cm³/mol. The lowest BCUT2D eigenvalue weighted by molar-refractivity contribution is -0.116. The highest BCUT2D eigenvalue weighted by Gasteiger charge is 2.09. The van der Waals surface area contributed by atoms with Crippen molar-refractivity contribution in [1.29, 1.82) is 0 Å². The van der Waals surface area contributed by atoms with Crippen LogP contribution in [0.2, 0.25) is 0 Å². The van der Waals surface area contributed by atoms with Crippen molar-refractivity contribution < 1.29 is 4.79 Å². The standard InChI is InChI=1S/C9H16N4O/c1-6(4-10)3-8(14)12-9-7(2)5-11-13-9/h5-6H,3-4,10H2,1-2H3,(H2,11,12,13,14). The summed E-state index contributed by atoms with van der Waals surface area (Å²) in [6.07, 6.45) is 2.11. The molecule has 78 valence electrons. The summed E-state index contributed by atoms with van der Waals surface area (Å²) >= 11 is 0. The average molecular weight is 196 g/mol. The van der Waals surface area contributed by atoms with E-state index in [0.717, 1.165) is 5.56 Å². The van der Waals surface area contributed by atoms with Crippen LogP contribution in [0, 0.1) is 12.8 Å². The number of amides is 1. The van der Waals surface area contributed by atoms with Crippen molar-refractivity contribution in [1.82, 2.24) is 10.2 Å². The average Bonchev–Trinajstić information content (AvgIpc) is 2.51. The molecule has 5 nitrogen and oxygen atoms in total. The van der Waals surface area contributed by atoms with Crippen LogP contribution in [0.15, 0.2) is 6.20 Å². The third kappa shape index (κ3) is 2.85. The first-order valence-electron chi connectivity index (χ1n) is 4.63. The third-order valence-electron chi connectivity index (χ3n) is 2.03. The van der Waals surface area contributed by atoms with Crippen LogP contribution in [0.1, 0.15) is 18.9 Å². The number of nitrogens with one attached hydrogen (secondary N) is 2. The Morgan fingerprint density at radius 3 is 3.00 bits per heavy atom. The lowest BCUT2D eigenvalue weighted by atomic mass is 10.1. The molecule has 0 aliphatic rings. The number of hydrogen-bond acceptors (Lipinski definition) is 3. The number of hydrogen-bond donors (Lipinski definition) is 3. The van der Waals surface area contributed by atoms with Gasteiger partial charge in [0.25, 0.3) is 0 Å². The van der Waals surface area contributed by atoms with E-state index in [-0.39, 0.29) is 11.8 Å². The predicted octanol–water partition coefficient (Wildman–Crippen LogP) is 0.642. The molecule has 0 aliphatic heterocycles. The Bertz CT molecular complexity index is 308. The zero-order valence-electron chi connectivity index (χ0n) is 8.50. The van der Waals surface area contributed by atoms with Gasteiger partial charge in [-0.25, -0.2) is 0 Å². The van der Waals surface area contributed by atoms with Crippen molar-refractivity contribution >= 4 is 11.7 Å². The third-order valence-corrected chi connectivity index (χ3v) is 2.03. The van der Waals surface area contributed by atoms with Crippen LogP contribution < -0.4 is 11.1 Å². The maximum Gasteiger partial charge on any atom is 0.225 e. The fraction of sp³-hybridized carbons (Fsp3) is 0.556. The molecule has 0 spiro atoms. The number of anilines is 1. The van der Waals surface area contributed by atoms with Crippen LogP contribution in [0.5, 0.6) is 0 Å².